The molecule has 1 atom stereocenters. The first-order valence-corrected chi connectivity index (χ1v) is 7.43. The first-order chi connectivity index (χ1) is 7.96. The van der Waals surface area contributed by atoms with Crippen LogP contribution in [0.5, 0.6) is 0 Å². The minimum Gasteiger partial charge on any atom is -0.298 e. The number of sulfone groups is 1. The Labute approximate surface area is 101 Å². The van der Waals surface area contributed by atoms with Crippen LogP contribution in [0.4, 0.5) is 4.39 Å². The van der Waals surface area contributed by atoms with Crippen molar-refractivity contribution in [2.45, 2.75) is 19.0 Å². The molecule has 2 rings (SSSR count). The summed E-state index contributed by atoms with van der Waals surface area (Å²) in [7, 11) is -0.930. The van der Waals surface area contributed by atoms with Crippen molar-refractivity contribution in [1.82, 2.24) is 4.90 Å². The lowest BCUT2D eigenvalue weighted by atomic mass is 10.1. The van der Waals surface area contributed by atoms with Gasteiger partial charge in [-0.1, -0.05) is 12.1 Å². The maximum Gasteiger partial charge on any atom is 0.151 e. The van der Waals surface area contributed by atoms with Gasteiger partial charge in [-0.25, -0.2) is 12.8 Å². The lowest BCUT2D eigenvalue weighted by Gasteiger charge is -2.22. The van der Waals surface area contributed by atoms with E-state index in [0.29, 0.717) is 13.0 Å². The van der Waals surface area contributed by atoms with Gasteiger partial charge in [0.05, 0.1) is 11.5 Å². The molecular weight excluding hydrogens is 241 g/mol. The van der Waals surface area contributed by atoms with Crippen LogP contribution in [0, 0.1) is 5.82 Å². The Bertz CT molecular complexity index is 484. The van der Waals surface area contributed by atoms with Crippen molar-refractivity contribution >= 4 is 9.84 Å². The highest BCUT2D eigenvalue weighted by Gasteiger charge is 2.30. The van der Waals surface area contributed by atoms with E-state index in [-0.39, 0.29) is 23.4 Å². The quantitative estimate of drug-likeness (QED) is 0.822. The van der Waals surface area contributed by atoms with E-state index in [9.17, 15) is 12.8 Å². The Morgan fingerprint density at radius 3 is 2.53 bits per heavy atom. The molecule has 5 heteroatoms. The van der Waals surface area contributed by atoms with Crippen LogP contribution < -0.4 is 0 Å². The molecule has 0 saturated carbocycles. The molecule has 94 valence electrons. The number of hydrogen-bond acceptors (Lipinski definition) is 3. The van der Waals surface area contributed by atoms with Crippen LogP contribution in [-0.2, 0) is 16.4 Å². The van der Waals surface area contributed by atoms with Crippen LogP contribution in [0.1, 0.15) is 12.0 Å². The first kappa shape index (κ1) is 12.5. The van der Waals surface area contributed by atoms with E-state index in [1.165, 1.54) is 12.1 Å². The summed E-state index contributed by atoms with van der Waals surface area (Å²) in [6.45, 7) is 0.653. The second-order valence-electron chi connectivity index (χ2n) is 4.60. The minimum absolute atomic E-state index is 0.0880. The molecule has 0 N–H and O–H groups in total. The van der Waals surface area contributed by atoms with Gasteiger partial charge >= 0.3 is 0 Å². The highest BCUT2D eigenvalue weighted by Crippen LogP contribution is 2.18. The monoisotopic (exact) mass is 257 g/mol. The zero-order valence-electron chi connectivity index (χ0n) is 9.77. The van der Waals surface area contributed by atoms with Crippen molar-refractivity contribution in [3.63, 3.8) is 0 Å². The third kappa shape index (κ3) is 3.26. The second-order valence-corrected chi connectivity index (χ2v) is 6.83. The van der Waals surface area contributed by atoms with Crippen LogP contribution >= 0.6 is 0 Å². The van der Waals surface area contributed by atoms with Crippen molar-refractivity contribution in [3.8, 4) is 0 Å². The molecule has 0 amide bonds. The zero-order valence-corrected chi connectivity index (χ0v) is 10.6. The molecular formula is C12H16FNO2S. The van der Waals surface area contributed by atoms with Gasteiger partial charge in [0.25, 0.3) is 0 Å². The highest BCUT2D eigenvalue weighted by atomic mass is 32.2. The van der Waals surface area contributed by atoms with Gasteiger partial charge in [-0.15, -0.1) is 0 Å². The van der Waals surface area contributed by atoms with Gasteiger partial charge in [-0.3, -0.25) is 4.90 Å². The number of nitrogens with zero attached hydrogens (tertiary/aromatic N) is 1. The van der Waals surface area contributed by atoms with Crippen molar-refractivity contribution in [2.24, 2.45) is 0 Å². The molecule has 0 aliphatic carbocycles. The summed E-state index contributed by atoms with van der Waals surface area (Å²) >= 11 is 0. The van der Waals surface area contributed by atoms with Crippen LogP contribution in [0.2, 0.25) is 0 Å². The van der Waals surface area contributed by atoms with Crippen LogP contribution in [0.3, 0.4) is 0 Å². The maximum atomic E-state index is 12.7. The van der Waals surface area contributed by atoms with E-state index >= 15 is 0 Å². The Hall–Kier alpha value is -0.940. The smallest absolute Gasteiger partial charge is 0.151 e. The molecule has 0 spiro atoms. The molecule has 0 radical (unpaired) electrons. The molecule has 1 unspecified atom stereocenters. The van der Waals surface area contributed by atoms with Gasteiger partial charge in [0, 0.05) is 12.6 Å². The summed E-state index contributed by atoms with van der Waals surface area (Å²) in [6, 6.07) is 6.40. The fraction of sp³-hybridized carbons (Fsp3) is 0.500. The van der Waals surface area contributed by atoms with Gasteiger partial charge in [0.15, 0.2) is 9.84 Å². The van der Waals surface area contributed by atoms with Crippen molar-refractivity contribution in [3.05, 3.63) is 35.6 Å². The molecule has 1 aliphatic heterocycles. The molecule has 0 aromatic heterocycles. The summed E-state index contributed by atoms with van der Waals surface area (Å²) in [5.41, 5.74) is 0.998. The molecule has 1 aromatic rings. The van der Waals surface area contributed by atoms with Crippen molar-refractivity contribution in [2.75, 3.05) is 18.6 Å². The van der Waals surface area contributed by atoms with E-state index in [1.54, 1.807) is 12.1 Å². The van der Waals surface area contributed by atoms with Crippen LogP contribution in [0.25, 0.3) is 0 Å². The van der Waals surface area contributed by atoms with E-state index in [4.69, 9.17) is 0 Å². The Balaban J connectivity index is 1.98. The molecule has 3 nitrogen and oxygen atoms in total. The predicted octanol–water partition coefficient (Wildman–Crippen LogP) is 1.44. The average molecular weight is 257 g/mol. The summed E-state index contributed by atoms with van der Waals surface area (Å²) in [5, 5.41) is 0. The summed E-state index contributed by atoms with van der Waals surface area (Å²) in [4.78, 5) is 2.03. The van der Waals surface area contributed by atoms with Gasteiger partial charge in [-0.2, -0.15) is 0 Å². The van der Waals surface area contributed by atoms with E-state index in [2.05, 4.69) is 0 Å². The molecule has 1 saturated heterocycles. The van der Waals surface area contributed by atoms with Gasteiger partial charge < -0.3 is 0 Å². The lowest BCUT2D eigenvalue weighted by molar-refractivity contribution is 0.254. The normalized spacial score (nSPS) is 23.1. The number of hydrogen-bond donors (Lipinski definition) is 0. The first-order valence-electron chi connectivity index (χ1n) is 5.61. The maximum absolute atomic E-state index is 12.7. The van der Waals surface area contributed by atoms with Crippen LogP contribution in [0.15, 0.2) is 24.3 Å². The highest BCUT2D eigenvalue weighted by molar-refractivity contribution is 7.91. The van der Waals surface area contributed by atoms with Crippen LogP contribution in [-0.4, -0.2) is 37.9 Å². The Morgan fingerprint density at radius 2 is 2.00 bits per heavy atom. The molecule has 1 aromatic carbocycles. The Morgan fingerprint density at radius 1 is 1.35 bits per heavy atom. The SMILES string of the molecule is CN(Cc1ccc(F)cc1)C1CCS(=O)(=O)C1. The van der Waals surface area contributed by atoms with E-state index < -0.39 is 9.84 Å². The molecule has 1 aliphatic rings. The van der Waals surface area contributed by atoms with Gasteiger partial charge in [0.2, 0.25) is 0 Å². The molecule has 17 heavy (non-hydrogen) atoms. The number of benzene rings is 1. The fourth-order valence-electron chi connectivity index (χ4n) is 2.13. The molecule has 1 fully saturated rings. The Kier molecular flexibility index (Phi) is 3.49. The molecule has 1 heterocycles. The van der Waals surface area contributed by atoms with Crippen molar-refractivity contribution in [1.29, 1.82) is 0 Å². The third-order valence-corrected chi connectivity index (χ3v) is 4.93. The third-order valence-electron chi connectivity index (χ3n) is 3.18. The van der Waals surface area contributed by atoms with Gasteiger partial charge in [-0.05, 0) is 31.2 Å². The number of halogens is 1. The largest absolute Gasteiger partial charge is 0.298 e. The number of rotatable bonds is 3. The average Bonchev–Trinajstić information content (AvgIpc) is 2.62. The van der Waals surface area contributed by atoms with Crippen molar-refractivity contribution < 1.29 is 12.8 Å². The summed E-state index contributed by atoms with van der Waals surface area (Å²) in [6.07, 6.45) is 0.694. The zero-order chi connectivity index (χ0) is 12.5. The second kappa shape index (κ2) is 4.74. The van der Waals surface area contributed by atoms with E-state index in [1.807, 2.05) is 11.9 Å². The topological polar surface area (TPSA) is 37.4 Å². The van der Waals surface area contributed by atoms with E-state index in [0.717, 1.165) is 5.56 Å². The molecule has 0 bridgehead atoms. The lowest BCUT2D eigenvalue weighted by Crippen LogP contribution is -2.32. The fourth-order valence-corrected chi connectivity index (χ4v) is 3.94. The summed E-state index contributed by atoms with van der Waals surface area (Å²) < 4.78 is 35.5. The van der Waals surface area contributed by atoms with Gasteiger partial charge in [0.1, 0.15) is 5.82 Å². The summed E-state index contributed by atoms with van der Waals surface area (Å²) in [5.74, 6) is 0.274. The standard InChI is InChI=1S/C12H16FNO2S/c1-14(12-6-7-17(15,16)9-12)8-10-2-4-11(13)5-3-10/h2-5,12H,6-9H2,1H3. The predicted molar refractivity (Wildman–Crippen MR) is 64.9 cm³/mol. The minimum atomic E-state index is -2.84.